The van der Waals surface area contributed by atoms with Gasteiger partial charge in [-0.05, 0) is 37.8 Å². The molecule has 25 heavy (non-hydrogen) atoms. The summed E-state index contributed by atoms with van der Waals surface area (Å²) in [5, 5.41) is 14.9. The van der Waals surface area contributed by atoms with E-state index in [1.165, 1.54) is 0 Å². The molecule has 0 unspecified atom stereocenters. The number of nitrogens with zero attached hydrogens (tertiary/aromatic N) is 4. The number of nitrogens with one attached hydrogen (secondary N) is 1. The maximum Gasteiger partial charge on any atom is 0.322 e. The molecule has 0 bridgehead atoms. The molecule has 0 fully saturated rings. The van der Waals surface area contributed by atoms with E-state index in [9.17, 15) is 4.79 Å². The van der Waals surface area contributed by atoms with Crippen molar-refractivity contribution in [2.24, 2.45) is 0 Å². The number of benzene rings is 1. The van der Waals surface area contributed by atoms with Gasteiger partial charge in [-0.25, -0.2) is 0 Å². The van der Waals surface area contributed by atoms with Crippen LogP contribution in [0.15, 0.2) is 45.8 Å². The zero-order valence-corrected chi connectivity index (χ0v) is 15.1. The summed E-state index contributed by atoms with van der Waals surface area (Å²) in [6.07, 6.45) is 1.85. The Bertz CT molecular complexity index is 871. The first-order valence-corrected chi connectivity index (χ1v) is 8.99. The highest BCUT2D eigenvalue weighted by Gasteiger charge is 2.16. The van der Waals surface area contributed by atoms with E-state index < -0.39 is 0 Å². The Morgan fingerprint density at radius 3 is 2.80 bits per heavy atom. The van der Waals surface area contributed by atoms with Crippen LogP contribution in [-0.2, 0) is 0 Å². The van der Waals surface area contributed by atoms with Gasteiger partial charge in [0.1, 0.15) is 5.69 Å². The minimum Gasteiger partial charge on any atom is -0.401 e. The van der Waals surface area contributed by atoms with E-state index in [2.05, 4.69) is 20.6 Å². The van der Waals surface area contributed by atoms with Crippen LogP contribution in [-0.4, -0.2) is 31.6 Å². The molecular weight excluding hydrogens is 338 g/mol. The van der Waals surface area contributed by atoms with Crippen LogP contribution >= 0.6 is 11.8 Å². The summed E-state index contributed by atoms with van der Waals surface area (Å²) in [4.78, 5) is 13.4. The lowest BCUT2D eigenvalue weighted by Gasteiger charge is -2.06. The van der Waals surface area contributed by atoms with Crippen LogP contribution in [0.25, 0.3) is 11.6 Å². The van der Waals surface area contributed by atoms with Gasteiger partial charge in [0, 0.05) is 17.1 Å². The summed E-state index contributed by atoms with van der Waals surface area (Å²) in [6.45, 7) is 6.10. The van der Waals surface area contributed by atoms with E-state index in [1.54, 1.807) is 28.6 Å². The van der Waals surface area contributed by atoms with Crippen molar-refractivity contribution in [3.8, 4) is 11.6 Å². The van der Waals surface area contributed by atoms with E-state index in [4.69, 9.17) is 4.42 Å². The van der Waals surface area contributed by atoms with Crippen LogP contribution in [0.3, 0.4) is 0 Å². The molecule has 130 valence electrons. The maximum absolute atomic E-state index is 12.5. The number of aromatic nitrogens is 4. The van der Waals surface area contributed by atoms with Gasteiger partial charge < -0.3 is 4.42 Å². The summed E-state index contributed by atoms with van der Waals surface area (Å²) < 4.78 is 7.32. The molecule has 7 nitrogen and oxygen atoms in total. The number of carbonyl (C=O) groups excluding carboxylic acids is 1. The third kappa shape index (κ3) is 3.90. The van der Waals surface area contributed by atoms with Crippen molar-refractivity contribution >= 4 is 23.7 Å². The molecular formula is C17H19N5O2S. The lowest BCUT2D eigenvalue weighted by molar-refractivity contribution is 0.102. The molecule has 1 N–H and O–H groups in total. The summed E-state index contributed by atoms with van der Waals surface area (Å²) >= 11 is 1.61. The molecule has 0 spiro atoms. The topological polar surface area (TPSA) is 85.8 Å². The Morgan fingerprint density at radius 2 is 2.08 bits per heavy atom. The highest BCUT2D eigenvalue weighted by Crippen LogP contribution is 2.24. The predicted molar refractivity (Wildman–Crippen MR) is 96.7 cm³/mol. The molecule has 0 saturated heterocycles. The number of hydrogen-bond acceptors (Lipinski definition) is 6. The number of amides is 1. The lowest BCUT2D eigenvalue weighted by Crippen LogP contribution is -2.13. The molecule has 0 saturated carbocycles. The number of thioether (sulfide) groups is 1. The molecule has 1 amide bonds. The number of rotatable bonds is 6. The van der Waals surface area contributed by atoms with E-state index in [1.807, 2.05) is 45.2 Å². The monoisotopic (exact) mass is 357 g/mol. The first kappa shape index (κ1) is 17.2. The summed E-state index contributed by atoms with van der Waals surface area (Å²) in [5.74, 6) is 0.874. The second-order valence-corrected chi connectivity index (χ2v) is 6.88. The van der Waals surface area contributed by atoms with Gasteiger partial charge in [0.2, 0.25) is 0 Å². The standard InChI is InChI=1S/C17H19N5O2S/c1-4-25-14-8-6-5-7-12(14)15(23)18-17-20-19-16(24-17)13-9-10-22(21-13)11(2)3/h5-11H,4H2,1-3H3,(H,18,20,23). The molecule has 0 atom stereocenters. The van der Waals surface area contributed by atoms with Crippen LogP contribution in [0.2, 0.25) is 0 Å². The summed E-state index contributed by atoms with van der Waals surface area (Å²) in [6, 6.07) is 9.51. The molecule has 3 rings (SSSR count). The average molecular weight is 357 g/mol. The molecule has 3 aromatic rings. The summed E-state index contributed by atoms with van der Waals surface area (Å²) in [7, 11) is 0. The van der Waals surface area contributed by atoms with Gasteiger partial charge in [0.25, 0.3) is 11.8 Å². The fraction of sp³-hybridized carbons (Fsp3) is 0.294. The second-order valence-electron chi connectivity index (χ2n) is 5.57. The minimum atomic E-state index is -0.278. The minimum absolute atomic E-state index is 0.0513. The third-order valence-electron chi connectivity index (χ3n) is 3.43. The number of hydrogen-bond donors (Lipinski definition) is 1. The first-order chi connectivity index (χ1) is 12.1. The van der Waals surface area contributed by atoms with E-state index in [0.717, 1.165) is 10.6 Å². The highest BCUT2D eigenvalue weighted by atomic mass is 32.2. The van der Waals surface area contributed by atoms with E-state index in [-0.39, 0.29) is 23.9 Å². The van der Waals surface area contributed by atoms with Crippen molar-refractivity contribution < 1.29 is 9.21 Å². The van der Waals surface area contributed by atoms with E-state index in [0.29, 0.717) is 11.3 Å². The van der Waals surface area contributed by atoms with Gasteiger partial charge in [-0.15, -0.1) is 16.9 Å². The van der Waals surface area contributed by atoms with Gasteiger partial charge in [-0.1, -0.05) is 24.2 Å². The average Bonchev–Trinajstić information content (AvgIpc) is 3.24. The van der Waals surface area contributed by atoms with Crippen LogP contribution in [0.4, 0.5) is 6.01 Å². The maximum atomic E-state index is 12.5. The third-order valence-corrected chi connectivity index (χ3v) is 4.39. The van der Waals surface area contributed by atoms with Crippen molar-refractivity contribution in [1.29, 1.82) is 0 Å². The van der Waals surface area contributed by atoms with Crippen LogP contribution < -0.4 is 5.32 Å². The van der Waals surface area contributed by atoms with Crippen molar-refractivity contribution in [2.75, 3.05) is 11.1 Å². The highest BCUT2D eigenvalue weighted by molar-refractivity contribution is 7.99. The Balaban J connectivity index is 1.76. The smallest absolute Gasteiger partial charge is 0.322 e. The van der Waals surface area contributed by atoms with Gasteiger partial charge >= 0.3 is 6.01 Å². The molecule has 0 aliphatic carbocycles. The van der Waals surface area contributed by atoms with Crippen molar-refractivity contribution in [2.45, 2.75) is 31.7 Å². The SMILES string of the molecule is CCSc1ccccc1C(=O)Nc1nnc(-c2ccn(C(C)C)n2)o1. The van der Waals surface area contributed by atoms with Crippen LogP contribution in [0, 0.1) is 0 Å². The molecule has 8 heteroatoms. The zero-order valence-electron chi connectivity index (χ0n) is 14.3. The lowest BCUT2D eigenvalue weighted by atomic mass is 10.2. The largest absolute Gasteiger partial charge is 0.401 e. The number of carbonyl (C=O) groups is 1. The Kier molecular flexibility index (Phi) is 5.18. The summed E-state index contributed by atoms with van der Waals surface area (Å²) in [5.41, 5.74) is 1.15. The molecule has 0 radical (unpaired) electrons. The second kappa shape index (κ2) is 7.52. The quantitative estimate of drug-likeness (QED) is 0.674. The predicted octanol–water partition coefficient (Wildman–Crippen LogP) is 3.88. The Labute approximate surface area is 149 Å². The molecule has 2 aromatic heterocycles. The van der Waals surface area contributed by atoms with Crippen LogP contribution in [0.5, 0.6) is 0 Å². The molecule has 2 heterocycles. The van der Waals surface area contributed by atoms with Crippen molar-refractivity contribution in [3.05, 3.63) is 42.1 Å². The van der Waals surface area contributed by atoms with Crippen molar-refractivity contribution in [3.63, 3.8) is 0 Å². The van der Waals surface area contributed by atoms with Gasteiger partial charge in [0.15, 0.2) is 0 Å². The fourth-order valence-electron chi connectivity index (χ4n) is 2.22. The molecule has 0 aliphatic heterocycles. The van der Waals surface area contributed by atoms with Crippen LogP contribution in [0.1, 0.15) is 37.2 Å². The molecule has 0 aliphatic rings. The van der Waals surface area contributed by atoms with Crippen molar-refractivity contribution in [1.82, 2.24) is 20.0 Å². The Hall–Kier alpha value is -2.61. The van der Waals surface area contributed by atoms with E-state index >= 15 is 0 Å². The normalized spacial score (nSPS) is 11.0. The first-order valence-electron chi connectivity index (χ1n) is 8.00. The zero-order chi connectivity index (χ0) is 17.8. The molecule has 1 aromatic carbocycles. The van der Waals surface area contributed by atoms with Gasteiger partial charge in [-0.2, -0.15) is 5.10 Å². The Morgan fingerprint density at radius 1 is 1.28 bits per heavy atom. The fourth-order valence-corrected chi connectivity index (χ4v) is 3.02. The van der Waals surface area contributed by atoms with Gasteiger partial charge in [0.05, 0.1) is 5.56 Å². The number of anilines is 1. The van der Waals surface area contributed by atoms with Gasteiger partial charge in [-0.3, -0.25) is 14.8 Å².